The van der Waals surface area contributed by atoms with Gasteiger partial charge in [-0.3, -0.25) is 4.79 Å². The standard InChI is InChI=1S/C14H21NO3/c1-10(2)12(16)8-9-15-14(18)13(17)11-6-4-3-5-7-11/h3-7,10,12-13,16-17H,8-9H2,1-2H3,(H,15,18)/t12?,13-/m0/s1. The van der Waals surface area contributed by atoms with E-state index in [0.29, 0.717) is 18.5 Å². The van der Waals surface area contributed by atoms with Crippen molar-refractivity contribution in [1.29, 1.82) is 0 Å². The molecule has 0 aliphatic rings. The Morgan fingerprint density at radius 2 is 1.83 bits per heavy atom. The molecule has 0 saturated carbocycles. The van der Waals surface area contributed by atoms with Gasteiger partial charge in [0.1, 0.15) is 0 Å². The highest BCUT2D eigenvalue weighted by Gasteiger charge is 2.17. The number of hydrogen-bond donors (Lipinski definition) is 3. The van der Waals surface area contributed by atoms with Crippen LogP contribution in [0.3, 0.4) is 0 Å². The Kier molecular flexibility index (Phi) is 5.82. The Hall–Kier alpha value is -1.39. The minimum absolute atomic E-state index is 0.168. The molecular formula is C14H21NO3. The van der Waals surface area contributed by atoms with Gasteiger partial charge in [-0.25, -0.2) is 0 Å². The predicted octanol–water partition coefficient (Wildman–Crippen LogP) is 1.24. The Morgan fingerprint density at radius 1 is 1.22 bits per heavy atom. The number of aliphatic hydroxyl groups excluding tert-OH is 2. The third-order valence-corrected chi connectivity index (χ3v) is 2.87. The SMILES string of the molecule is CC(C)C(O)CCNC(=O)[C@@H](O)c1ccccc1. The zero-order valence-electron chi connectivity index (χ0n) is 10.8. The largest absolute Gasteiger partial charge is 0.393 e. The van der Waals surface area contributed by atoms with E-state index in [2.05, 4.69) is 5.32 Å². The van der Waals surface area contributed by atoms with Crippen molar-refractivity contribution in [3.63, 3.8) is 0 Å². The molecule has 1 amide bonds. The van der Waals surface area contributed by atoms with E-state index >= 15 is 0 Å². The van der Waals surface area contributed by atoms with E-state index in [-0.39, 0.29) is 5.92 Å². The molecule has 0 radical (unpaired) electrons. The second-order valence-corrected chi connectivity index (χ2v) is 4.70. The van der Waals surface area contributed by atoms with E-state index in [1.165, 1.54) is 0 Å². The minimum atomic E-state index is -1.15. The van der Waals surface area contributed by atoms with Crippen molar-refractivity contribution in [1.82, 2.24) is 5.32 Å². The summed E-state index contributed by atoms with van der Waals surface area (Å²) in [5.41, 5.74) is 0.569. The van der Waals surface area contributed by atoms with Gasteiger partial charge in [0.2, 0.25) is 0 Å². The molecule has 0 aliphatic carbocycles. The summed E-state index contributed by atoms with van der Waals surface area (Å²) in [4.78, 5) is 11.7. The quantitative estimate of drug-likeness (QED) is 0.712. The Morgan fingerprint density at radius 3 is 2.39 bits per heavy atom. The molecule has 1 aromatic rings. The monoisotopic (exact) mass is 251 g/mol. The molecule has 4 nitrogen and oxygen atoms in total. The number of aliphatic hydroxyl groups is 2. The van der Waals surface area contributed by atoms with Gasteiger partial charge in [-0.1, -0.05) is 44.2 Å². The van der Waals surface area contributed by atoms with Crippen molar-refractivity contribution >= 4 is 5.91 Å². The first kappa shape index (κ1) is 14.7. The maximum Gasteiger partial charge on any atom is 0.253 e. The molecule has 18 heavy (non-hydrogen) atoms. The molecule has 0 heterocycles. The molecule has 0 spiro atoms. The predicted molar refractivity (Wildman–Crippen MR) is 69.9 cm³/mol. The highest BCUT2D eigenvalue weighted by molar-refractivity contribution is 5.81. The number of carbonyl (C=O) groups is 1. The summed E-state index contributed by atoms with van der Waals surface area (Å²) in [6, 6.07) is 8.77. The molecule has 0 aromatic heterocycles. The zero-order chi connectivity index (χ0) is 13.5. The average molecular weight is 251 g/mol. The van der Waals surface area contributed by atoms with E-state index < -0.39 is 18.1 Å². The van der Waals surface area contributed by atoms with Gasteiger partial charge in [-0.15, -0.1) is 0 Å². The molecule has 3 N–H and O–H groups in total. The summed E-state index contributed by atoms with van der Waals surface area (Å²) >= 11 is 0. The van der Waals surface area contributed by atoms with E-state index in [1.807, 2.05) is 19.9 Å². The van der Waals surface area contributed by atoms with Crippen molar-refractivity contribution in [2.75, 3.05) is 6.54 Å². The molecule has 100 valence electrons. The summed E-state index contributed by atoms with van der Waals surface area (Å²) in [5, 5.41) is 22.0. The van der Waals surface area contributed by atoms with Gasteiger partial charge >= 0.3 is 0 Å². The molecule has 0 bridgehead atoms. The first-order valence-electron chi connectivity index (χ1n) is 6.21. The molecule has 1 aromatic carbocycles. The topological polar surface area (TPSA) is 69.6 Å². The van der Waals surface area contributed by atoms with Crippen LogP contribution in [-0.4, -0.2) is 28.8 Å². The Bertz CT molecular complexity index is 365. The van der Waals surface area contributed by atoms with Gasteiger partial charge in [0.25, 0.3) is 5.91 Å². The van der Waals surface area contributed by atoms with Gasteiger partial charge < -0.3 is 15.5 Å². The first-order valence-corrected chi connectivity index (χ1v) is 6.21. The lowest BCUT2D eigenvalue weighted by molar-refractivity contribution is -0.129. The van der Waals surface area contributed by atoms with Crippen LogP contribution in [-0.2, 0) is 4.79 Å². The van der Waals surface area contributed by atoms with Crippen LogP contribution < -0.4 is 5.32 Å². The van der Waals surface area contributed by atoms with Crippen LogP contribution in [0, 0.1) is 5.92 Å². The second-order valence-electron chi connectivity index (χ2n) is 4.70. The third kappa shape index (κ3) is 4.47. The normalized spacial score (nSPS) is 14.3. The molecule has 0 aliphatic heterocycles. The van der Waals surface area contributed by atoms with E-state index in [1.54, 1.807) is 24.3 Å². The van der Waals surface area contributed by atoms with Gasteiger partial charge in [0, 0.05) is 6.54 Å². The molecule has 4 heteroatoms. The second kappa shape index (κ2) is 7.13. The number of benzene rings is 1. The summed E-state index contributed by atoms with van der Waals surface area (Å²) in [5.74, 6) is -0.266. The van der Waals surface area contributed by atoms with E-state index in [9.17, 15) is 15.0 Å². The fraction of sp³-hybridized carbons (Fsp3) is 0.500. The number of nitrogens with one attached hydrogen (secondary N) is 1. The summed E-state index contributed by atoms with van der Waals surface area (Å²) in [6.45, 7) is 4.21. The molecule has 1 unspecified atom stereocenters. The van der Waals surface area contributed by atoms with Crippen LogP contribution in [0.25, 0.3) is 0 Å². The van der Waals surface area contributed by atoms with Crippen molar-refractivity contribution in [3.05, 3.63) is 35.9 Å². The third-order valence-electron chi connectivity index (χ3n) is 2.87. The summed E-state index contributed by atoms with van der Waals surface area (Å²) in [7, 11) is 0. The van der Waals surface area contributed by atoms with Gasteiger partial charge in [0.05, 0.1) is 6.10 Å². The molecule has 1 rings (SSSR count). The molecule has 2 atom stereocenters. The van der Waals surface area contributed by atoms with Gasteiger partial charge in [-0.05, 0) is 17.9 Å². The Balaban J connectivity index is 2.37. The summed E-state index contributed by atoms with van der Waals surface area (Å²) < 4.78 is 0. The van der Waals surface area contributed by atoms with E-state index in [0.717, 1.165) is 0 Å². The molecule has 0 fully saturated rings. The van der Waals surface area contributed by atoms with Crippen molar-refractivity contribution in [3.8, 4) is 0 Å². The minimum Gasteiger partial charge on any atom is -0.393 e. The number of amides is 1. The average Bonchev–Trinajstić information content (AvgIpc) is 2.38. The maximum atomic E-state index is 11.7. The van der Waals surface area contributed by atoms with Crippen LogP contribution in [0.4, 0.5) is 0 Å². The Labute approximate surface area is 108 Å². The highest BCUT2D eigenvalue weighted by Crippen LogP contribution is 2.12. The number of hydrogen-bond acceptors (Lipinski definition) is 3. The lowest BCUT2D eigenvalue weighted by Crippen LogP contribution is -2.32. The highest BCUT2D eigenvalue weighted by atomic mass is 16.3. The van der Waals surface area contributed by atoms with E-state index in [4.69, 9.17) is 0 Å². The van der Waals surface area contributed by atoms with Crippen LogP contribution in [0.15, 0.2) is 30.3 Å². The zero-order valence-corrected chi connectivity index (χ0v) is 10.8. The van der Waals surface area contributed by atoms with Crippen LogP contribution in [0.1, 0.15) is 31.9 Å². The lowest BCUT2D eigenvalue weighted by atomic mass is 10.0. The smallest absolute Gasteiger partial charge is 0.253 e. The lowest BCUT2D eigenvalue weighted by Gasteiger charge is -2.16. The number of rotatable bonds is 6. The summed E-state index contributed by atoms with van der Waals surface area (Å²) in [6.07, 6.45) is -1.09. The van der Waals surface area contributed by atoms with Gasteiger partial charge in [-0.2, -0.15) is 0 Å². The number of carbonyl (C=O) groups excluding carboxylic acids is 1. The fourth-order valence-corrected chi connectivity index (χ4v) is 1.56. The molecule has 0 saturated heterocycles. The van der Waals surface area contributed by atoms with Crippen LogP contribution in [0.5, 0.6) is 0 Å². The maximum absolute atomic E-state index is 11.7. The fourth-order valence-electron chi connectivity index (χ4n) is 1.56. The van der Waals surface area contributed by atoms with Crippen LogP contribution in [0.2, 0.25) is 0 Å². The van der Waals surface area contributed by atoms with Crippen LogP contribution >= 0.6 is 0 Å². The first-order chi connectivity index (χ1) is 8.52. The van der Waals surface area contributed by atoms with Crippen molar-refractivity contribution < 1.29 is 15.0 Å². The molecular weight excluding hydrogens is 230 g/mol. The van der Waals surface area contributed by atoms with Gasteiger partial charge in [0.15, 0.2) is 6.10 Å². The van der Waals surface area contributed by atoms with Crippen molar-refractivity contribution in [2.24, 2.45) is 5.92 Å². The van der Waals surface area contributed by atoms with Crippen molar-refractivity contribution in [2.45, 2.75) is 32.5 Å².